The van der Waals surface area contributed by atoms with E-state index in [2.05, 4.69) is 15.4 Å². The molecule has 1 aromatic carbocycles. The molecule has 0 fully saturated rings. The Morgan fingerprint density at radius 3 is 2.94 bits per heavy atom. The van der Waals surface area contributed by atoms with E-state index in [9.17, 15) is 4.39 Å². The zero-order valence-electron chi connectivity index (χ0n) is 9.89. The molecule has 92 valence electrons. The average molecular weight is 245 g/mol. The molecule has 0 aliphatic heterocycles. The average Bonchev–Trinajstić information content (AvgIpc) is 2.77. The second-order valence-electron chi connectivity index (χ2n) is 3.82. The van der Waals surface area contributed by atoms with Crippen molar-refractivity contribution < 1.29 is 4.39 Å². The van der Waals surface area contributed by atoms with Crippen LogP contribution >= 0.6 is 0 Å². The van der Waals surface area contributed by atoms with Crippen LogP contribution in [0.2, 0.25) is 0 Å². The quantitative estimate of drug-likeness (QED) is 0.886. The van der Waals surface area contributed by atoms with Gasteiger partial charge in [0.05, 0.1) is 17.3 Å². The molecule has 0 saturated heterocycles. The van der Waals surface area contributed by atoms with Gasteiger partial charge in [0.15, 0.2) is 5.82 Å². The van der Waals surface area contributed by atoms with Crippen molar-refractivity contribution in [2.45, 2.75) is 6.42 Å². The van der Waals surface area contributed by atoms with Crippen LogP contribution in [0.15, 0.2) is 24.5 Å². The highest BCUT2D eigenvalue weighted by atomic mass is 19.1. The number of aryl methyl sites for hydroxylation is 1. The van der Waals surface area contributed by atoms with Crippen LogP contribution in [0, 0.1) is 17.1 Å². The van der Waals surface area contributed by atoms with Crippen molar-refractivity contribution in [2.75, 3.05) is 11.9 Å². The topological polar surface area (TPSA) is 66.5 Å². The highest BCUT2D eigenvalue weighted by molar-refractivity contribution is 5.48. The van der Waals surface area contributed by atoms with Crippen molar-refractivity contribution in [3.05, 3.63) is 41.7 Å². The molecule has 0 unspecified atom stereocenters. The Kier molecular flexibility index (Phi) is 3.53. The lowest BCUT2D eigenvalue weighted by molar-refractivity contribution is 0.629. The lowest BCUT2D eigenvalue weighted by Crippen LogP contribution is -2.07. The van der Waals surface area contributed by atoms with Gasteiger partial charge in [-0.3, -0.25) is 4.68 Å². The SMILES string of the molecule is Cn1cnc(CCNc2ccc(C#N)cc2F)n1. The van der Waals surface area contributed by atoms with E-state index >= 15 is 0 Å². The Morgan fingerprint density at radius 1 is 1.50 bits per heavy atom. The van der Waals surface area contributed by atoms with Gasteiger partial charge in [0.2, 0.25) is 0 Å². The van der Waals surface area contributed by atoms with Crippen LogP contribution in [0.5, 0.6) is 0 Å². The number of nitrogens with zero attached hydrogens (tertiary/aromatic N) is 4. The predicted molar refractivity (Wildman–Crippen MR) is 64.3 cm³/mol. The summed E-state index contributed by atoms with van der Waals surface area (Å²) in [5, 5.41) is 15.7. The van der Waals surface area contributed by atoms with Gasteiger partial charge in [-0.1, -0.05) is 0 Å². The van der Waals surface area contributed by atoms with E-state index in [4.69, 9.17) is 5.26 Å². The zero-order valence-corrected chi connectivity index (χ0v) is 9.89. The van der Waals surface area contributed by atoms with E-state index in [-0.39, 0.29) is 0 Å². The molecule has 0 atom stereocenters. The van der Waals surface area contributed by atoms with Crippen molar-refractivity contribution >= 4 is 5.69 Å². The second kappa shape index (κ2) is 5.27. The summed E-state index contributed by atoms with van der Waals surface area (Å²) in [6, 6.07) is 6.23. The molecular formula is C12H12FN5. The third-order valence-corrected chi connectivity index (χ3v) is 2.41. The van der Waals surface area contributed by atoms with Crippen LogP contribution in [-0.4, -0.2) is 21.3 Å². The summed E-state index contributed by atoms with van der Waals surface area (Å²) in [5.74, 6) is 0.280. The van der Waals surface area contributed by atoms with Crippen LogP contribution in [0.3, 0.4) is 0 Å². The fraction of sp³-hybridized carbons (Fsp3) is 0.250. The van der Waals surface area contributed by atoms with E-state index in [0.717, 1.165) is 0 Å². The lowest BCUT2D eigenvalue weighted by Gasteiger charge is -2.06. The number of hydrogen-bond acceptors (Lipinski definition) is 4. The first-order valence-electron chi connectivity index (χ1n) is 5.47. The monoisotopic (exact) mass is 245 g/mol. The fourth-order valence-electron chi connectivity index (χ4n) is 1.54. The van der Waals surface area contributed by atoms with Crippen LogP contribution in [0.1, 0.15) is 11.4 Å². The molecule has 0 aliphatic carbocycles. The number of hydrogen-bond donors (Lipinski definition) is 1. The Balaban J connectivity index is 1.92. The number of nitrogens with one attached hydrogen (secondary N) is 1. The van der Waals surface area contributed by atoms with E-state index in [0.29, 0.717) is 30.0 Å². The minimum atomic E-state index is -0.428. The van der Waals surface area contributed by atoms with Crippen LogP contribution in [-0.2, 0) is 13.5 Å². The summed E-state index contributed by atoms with van der Waals surface area (Å²) >= 11 is 0. The second-order valence-corrected chi connectivity index (χ2v) is 3.82. The van der Waals surface area contributed by atoms with Gasteiger partial charge in [0.25, 0.3) is 0 Å². The van der Waals surface area contributed by atoms with Gasteiger partial charge < -0.3 is 5.32 Å². The highest BCUT2D eigenvalue weighted by Crippen LogP contribution is 2.15. The predicted octanol–water partition coefficient (Wildman–Crippen LogP) is 1.48. The zero-order chi connectivity index (χ0) is 13.0. The number of halogens is 1. The number of aromatic nitrogens is 3. The van der Waals surface area contributed by atoms with Gasteiger partial charge in [-0.25, -0.2) is 9.37 Å². The summed E-state index contributed by atoms with van der Waals surface area (Å²) in [7, 11) is 1.80. The molecule has 0 bridgehead atoms. The number of nitriles is 1. The first kappa shape index (κ1) is 12.0. The van der Waals surface area contributed by atoms with Crippen molar-refractivity contribution in [3.63, 3.8) is 0 Å². The molecule has 1 aromatic heterocycles. The van der Waals surface area contributed by atoms with E-state index < -0.39 is 5.82 Å². The Bertz CT molecular complexity index is 584. The molecule has 5 nitrogen and oxygen atoms in total. The van der Waals surface area contributed by atoms with Crippen molar-refractivity contribution in [1.82, 2.24) is 14.8 Å². The summed E-state index contributed by atoms with van der Waals surface area (Å²) in [6.07, 6.45) is 2.23. The van der Waals surface area contributed by atoms with Gasteiger partial charge in [-0.2, -0.15) is 10.4 Å². The maximum Gasteiger partial charge on any atom is 0.152 e. The van der Waals surface area contributed by atoms with Gasteiger partial charge in [-0.05, 0) is 18.2 Å². The summed E-state index contributed by atoms with van der Waals surface area (Å²) in [5.41, 5.74) is 0.689. The Morgan fingerprint density at radius 2 is 2.33 bits per heavy atom. The first-order valence-corrected chi connectivity index (χ1v) is 5.47. The minimum Gasteiger partial charge on any atom is -0.382 e. The molecule has 0 saturated carbocycles. The number of anilines is 1. The number of rotatable bonds is 4. The largest absolute Gasteiger partial charge is 0.382 e. The minimum absolute atomic E-state index is 0.310. The van der Waals surface area contributed by atoms with Crippen molar-refractivity contribution in [1.29, 1.82) is 5.26 Å². The first-order chi connectivity index (χ1) is 8.69. The van der Waals surface area contributed by atoms with Crippen molar-refractivity contribution in [2.24, 2.45) is 7.05 Å². The Labute approximate surface area is 104 Å². The summed E-state index contributed by atoms with van der Waals surface area (Å²) in [4.78, 5) is 4.07. The molecule has 1 N–H and O–H groups in total. The summed E-state index contributed by atoms with van der Waals surface area (Å²) in [6.45, 7) is 0.535. The van der Waals surface area contributed by atoms with Crippen LogP contribution < -0.4 is 5.32 Å². The molecule has 2 aromatic rings. The van der Waals surface area contributed by atoms with Crippen LogP contribution in [0.4, 0.5) is 10.1 Å². The van der Waals surface area contributed by atoms with E-state index in [1.54, 1.807) is 30.2 Å². The molecule has 0 spiro atoms. The number of benzene rings is 1. The molecule has 2 rings (SSSR count). The lowest BCUT2D eigenvalue weighted by atomic mass is 10.2. The maximum absolute atomic E-state index is 13.5. The van der Waals surface area contributed by atoms with Gasteiger partial charge >= 0.3 is 0 Å². The smallest absolute Gasteiger partial charge is 0.152 e. The Hall–Kier alpha value is -2.42. The standard InChI is InChI=1S/C12H12FN5/c1-18-8-16-12(17-18)4-5-15-11-3-2-9(7-14)6-10(11)13/h2-3,6,8,15H,4-5H2,1H3. The van der Waals surface area contributed by atoms with Crippen LogP contribution in [0.25, 0.3) is 0 Å². The molecule has 18 heavy (non-hydrogen) atoms. The highest BCUT2D eigenvalue weighted by Gasteiger charge is 2.04. The van der Waals surface area contributed by atoms with Crippen molar-refractivity contribution in [3.8, 4) is 6.07 Å². The maximum atomic E-state index is 13.5. The molecule has 0 aliphatic rings. The van der Waals surface area contributed by atoms with Gasteiger partial charge in [0, 0.05) is 20.0 Å². The van der Waals surface area contributed by atoms with E-state index in [1.807, 2.05) is 6.07 Å². The van der Waals surface area contributed by atoms with E-state index in [1.165, 1.54) is 6.07 Å². The van der Waals surface area contributed by atoms with Gasteiger partial charge in [0.1, 0.15) is 12.1 Å². The molecular weight excluding hydrogens is 233 g/mol. The third kappa shape index (κ3) is 2.83. The molecule has 1 heterocycles. The van der Waals surface area contributed by atoms with Gasteiger partial charge in [-0.15, -0.1) is 0 Å². The molecule has 0 amide bonds. The fourth-order valence-corrected chi connectivity index (χ4v) is 1.54. The molecule has 0 radical (unpaired) electrons. The molecule has 6 heteroatoms. The third-order valence-electron chi connectivity index (χ3n) is 2.41. The normalized spacial score (nSPS) is 10.1. The summed E-state index contributed by atoms with van der Waals surface area (Å²) < 4.78 is 15.1.